The van der Waals surface area contributed by atoms with Gasteiger partial charge in [0.15, 0.2) is 11.6 Å². The molecule has 2 aromatic carbocycles. The summed E-state index contributed by atoms with van der Waals surface area (Å²) >= 11 is 0. The van der Waals surface area contributed by atoms with E-state index in [0.29, 0.717) is 36.5 Å². The van der Waals surface area contributed by atoms with Crippen LogP contribution < -0.4 is 0 Å². The molecular weight excluding hydrogens is 468 g/mol. The predicted molar refractivity (Wildman–Crippen MR) is 159 cm³/mol. The van der Waals surface area contributed by atoms with Crippen LogP contribution in [0, 0.1) is 5.92 Å². The third-order valence-electron chi connectivity index (χ3n) is 7.98. The number of aryl methyl sites for hydroxylation is 1. The number of benzene rings is 2. The Morgan fingerprint density at radius 1 is 1.03 bits per heavy atom. The van der Waals surface area contributed by atoms with Gasteiger partial charge in [-0.05, 0) is 79.2 Å². The molecule has 204 valence electrons. The molecule has 0 heterocycles. The number of ketones is 3. The Bertz CT molecular complexity index is 1150. The highest BCUT2D eigenvalue weighted by atomic mass is 16.1. The molecule has 0 bridgehead atoms. The average molecular weight is 515 g/mol. The molecule has 38 heavy (non-hydrogen) atoms. The Kier molecular flexibility index (Phi) is 11.9. The Morgan fingerprint density at radius 3 is 2.42 bits per heavy atom. The summed E-state index contributed by atoms with van der Waals surface area (Å²) < 4.78 is 0. The molecule has 2 unspecified atom stereocenters. The highest BCUT2D eigenvalue weighted by Crippen LogP contribution is 2.28. The van der Waals surface area contributed by atoms with E-state index in [4.69, 9.17) is 0 Å². The van der Waals surface area contributed by atoms with E-state index >= 15 is 0 Å². The molecule has 3 heteroatoms. The van der Waals surface area contributed by atoms with Crippen molar-refractivity contribution in [3.8, 4) is 0 Å². The molecule has 2 aliphatic carbocycles. The van der Waals surface area contributed by atoms with Crippen molar-refractivity contribution in [2.75, 3.05) is 0 Å². The largest absolute Gasteiger partial charge is 0.299 e. The number of hydrogen-bond acceptors (Lipinski definition) is 3. The van der Waals surface area contributed by atoms with Crippen molar-refractivity contribution < 1.29 is 15.8 Å². The van der Waals surface area contributed by atoms with Crippen molar-refractivity contribution in [2.24, 2.45) is 5.92 Å². The minimum Gasteiger partial charge on any atom is -0.299 e. The van der Waals surface area contributed by atoms with Gasteiger partial charge in [-0.15, -0.1) is 0 Å². The first-order valence-corrected chi connectivity index (χ1v) is 14.5. The van der Waals surface area contributed by atoms with Gasteiger partial charge in [-0.1, -0.05) is 87.9 Å². The molecule has 0 N–H and O–H groups in total. The normalized spacial score (nSPS) is 17.1. The van der Waals surface area contributed by atoms with Gasteiger partial charge in [-0.25, -0.2) is 0 Å². The second-order valence-electron chi connectivity index (χ2n) is 10.7. The van der Waals surface area contributed by atoms with Gasteiger partial charge in [0.05, 0.1) is 0 Å². The van der Waals surface area contributed by atoms with Crippen molar-refractivity contribution >= 4 is 17.3 Å². The number of carbonyl (C=O) groups is 3. The van der Waals surface area contributed by atoms with E-state index < -0.39 is 0 Å². The van der Waals surface area contributed by atoms with Gasteiger partial charge >= 0.3 is 0 Å². The standard InChI is InChI=1S/C27H34O3.C8H10.H2/c1-3-19(2)24-16-15-22(17-23(24)18-27(30)21-10-4-5-11-21)26(29)13-7-6-9-20-12-8-14-25(20)28;1-2-8-6-4-3-5-7-8;/h4-5,10,15-17,19-20H,3,6-9,11-14,18H2,1-2H3;3-7H,2H2,1H3;1H. The minimum absolute atomic E-state index is 0. The lowest BCUT2D eigenvalue weighted by Gasteiger charge is -2.16. The van der Waals surface area contributed by atoms with Crippen LogP contribution >= 0.6 is 0 Å². The molecule has 0 aliphatic heterocycles. The van der Waals surface area contributed by atoms with E-state index in [0.717, 1.165) is 62.5 Å². The van der Waals surface area contributed by atoms with Crippen LogP contribution in [0.4, 0.5) is 0 Å². The molecule has 4 rings (SSSR count). The molecule has 0 aromatic heterocycles. The Balaban J connectivity index is 0.000000508. The number of allylic oxidation sites excluding steroid dienone is 4. The molecule has 3 nitrogen and oxygen atoms in total. The Hall–Kier alpha value is -3.07. The molecule has 0 saturated heterocycles. The molecule has 2 atom stereocenters. The highest BCUT2D eigenvalue weighted by molar-refractivity contribution is 5.99. The number of unbranched alkanes of at least 4 members (excludes halogenated alkanes) is 1. The van der Waals surface area contributed by atoms with Crippen LogP contribution in [0.25, 0.3) is 0 Å². The van der Waals surface area contributed by atoms with Gasteiger partial charge in [0.1, 0.15) is 5.78 Å². The Labute approximate surface area is 230 Å². The summed E-state index contributed by atoms with van der Waals surface area (Å²) in [6.07, 6.45) is 15.0. The quantitative estimate of drug-likeness (QED) is 0.210. The second kappa shape index (κ2) is 15.4. The van der Waals surface area contributed by atoms with Crippen LogP contribution in [0.2, 0.25) is 0 Å². The summed E-state index contributed by atoms with van der Waals surface area (Å²) in [5.41, 5.74) is 5.13. The number of rotatable bonds is 12. The first-order chi connectivity index (χ1) is 18.4. The fourth-order valence-corrected chi connectivity index (χ4v) is 5.30. The molecule has 0 amide bonds. The van der Waals surface area contributed by atoms with Gasteiger partial charge in [0, 0.05) is 32.2 Å². The number of carbonyl (C=O) groups excluding carboxylic acids is 3. The summed E-state index contributed by atoms with van der Waals surface area (Å²) in [6.45, 7) is 6.48. The molecule has 2 aliphatic rings. The van der Waals surface area contributed by atoms with E-state index in [9.17, 15) is 14.4 Å². The van der Waals surface area contributed by atoms with Crippen LogP contribution in [0.3, 0.4) is 0 Å². The van der Waals surface area contributed by atoms with Gasteiger partial charge < -0.3 is 0 Å². The smallest absolute Gasteiger partial charge is 0.163 e. The maximum Gasteiger partial charge on any atom is 0.163 e. The van der Waals surface area contributed by atoms with Gasteiger partial charge in [-0.2, -0.15) is 0 Å². The highest BCUT2D eigenvalue weighted by Gasteiger charge is 2.23. The molecule has 1 saturated carbocycles. The van der Waals surface area contributed by atoms with E-state index in [-0.39, 0.29) is 18.9 Å². The van der Waals surface area contributed by atoms with Gasteiger partial charge in [0.25, 0.3) is 0 Å². The van der Waals surface area contributed by atoms with E-state index in [1.165, 1.54) is 11.1 Å². The molecule has 0 radical (unpaired) electrons. The lowest BCUT2D eigenvalue weighted by atomic mass is 9.88. The lowest BCUT2D eigenvalue weighted by Crippen LogP contribution is -2.11. The van der Waals surface area contributed by atoms with Gasteiger partial charge in [-0.3, -0.25) is 14.4 Å². The molecule has 2 aromatic rings. The van der Waals surface area contributed by atoms with E-state index in [1.54, 1.807) is 0 Å². The SMILES string of the molecule is CCC(C)c1ccc(C(=O)CCCCC2CCCC2=O)cc1CC(=O)C1=CC=CC1.CCc1ccccc1.[HH]. The minimum atomic E-state index is 0. The van der Waals surface area contributed by atoms with Crippen molar-refractivity contribution in [3.63, 3.8) is 0 Å². The third kappa shape index (κ3) is 8.75. The Morgan fingerprint density at radius 2 is 1.82 bits per heavy atom. The van der Waals surface area contributed by atoms with Crippen molar-refractivity contribution in [3.05, 3.63) is 94.6 Å². The maximum absolute atomic E-state index is 12.8. The van der Waals surface area contributed by atoms with Crippen LogP contribution in [0.1, 0.15) is 113 Å². The van der Waals surface area contributed by atoms with Crippen molar-refractivity contribution in [1.29, 1.82) is 0 Å². The molecule has 0 spiro atoms. The third-order valence-corrected chi connectivity index (χ3v) is 7.98. The summed E-state index contributed by atoms with van der Waals surface area (Å²) in [6, 6.07) is 16.4. The van der Waals surface area contributed by atoms with Crippen molar-refractivity contribution in [2.45, 2.75) is 97.3 Å². The lowest BCUT2D eigenvalue weighted by molar-refractivity contribution is -0.120. The zero-order valence-corrected chi connectivity index (χ0v) is 23.5. The maximum atomic E-state index is 12.8. The van der Waals surface area contributed by atoms with Crippen molar-refractivity contribution in [1.82, 2.24) is 0 Å². The van der Waals surface area contributed by atoms with Crippen LogP contribution in [0.15, 0.2) is 72.3 Å². The first kappa shape index (κ1) is 29.5. The molecular formula is C35H46O3. The fraction of sp³-hybridized carbons (Fsp3) is 0.457. The average Bonchev–Trinajstić information content (AvgIpc) is 3.63. The summed E-state index contributed by atoms with van der Waals surface area (Å²) in [7, 11) is 0. The number of Topliss-reactive ketones (excluding diaryl/α,β-unsaturated/α-hetero) is 3. The predicted octanol–water partition coefficient (Wildman–Crippen LogP) is 8.81. The fourth-order valence-electron chi connectivity index (χ4n) is 5.30. The van der Waals surface area contributed by atoms with Crippen LogP contribution in [-0.4, -0.2) is 17.3 Å². The first-order valence-electron chi connectivity index (χ1n) is 14.5. The summed E-state index contributed by atoms with van der Waals surface area (Å²) in [4.78, 5) is 37.2. The van der Waals surface area contributed by atoms with Crippen LogP contribution in [0.5, 0.6) is 0 Å². The topological polar surface area (TPSA) is 51.2 Å². The molecule has 1 fully saturated rings. The number of hydrogen-bond donors (Lipinski definition) is 0. The summed E-state index contributed by atoms with van der Waals surface area (Å²) in [5, 5.41) is 0. The van der Waals surface area contributed by atoms with Gasteiger partial charge in [0.2, 0.25) is 0 Å². The zero-order chi connectivity index (χ0) is 27.3. The van der Waals surface area contributed by atoms with Crippen LogP contribution in [-0.2, 0) is 22.4 Å². The van der Waals surface area contributed by atoms with E-state index in [1.807, 2.05) is 42.5 Å². The zero-order valence-electron chi connectivity index (χ0n) is 23.5. The second-order valence-corrected chi connectivity index (χ2v) is 10.7. The van der Waals surface area contributed by atoms with E-state index in [2.05, 4.69) is 45.0 Å². The monoisotopic (exact) mass is 514 g/mol. The summed E-state index contributed by atoms with van der Waals surface area (Å²) in [5.74, 6) is 1.28.